The number of hydrogen-bond acceptors (Lipinski definition) is 6. The molecule has 0 saturated heterocycles. The Morgan fingerprint density at radius 1 is 0.778 bits per heavy atom. The van der Waals surface area contributed by atoms with Crippen LogP contribution in [0, 0.1) is 0 Å². The monoisotopic (exact) mass is 492 g/mol. The Morgan fingerprint density at radius 3 is 1.64 bits per heavy atom. The topological polar surface area (TPSA) is 137 Å². The molecule has 1 amide bonds. The van der Waals surface area contributed by atoms with Crippen molar-refractivity contribution in [3.63, 3.8) is 0 Å². The Balaban J connectivity index is 0.000000351. The summed E-state index contributed by atoms with van der Waals surface area (Å²) in [6, 6.07) is 23.6. The number of carbonyl (C=O) groups is 1. The average molecular weight is 493 g/mol. The van der Waals surface area contributed by atoms with Gasteiger partial charge in [-0.05, 0) is 54.8 Å². The van der Waals surface area contributed by atoms with Crippen molar-refractivity contribution < 1.29 is 14.6 Å². The molecular weight excluding hydrogens is 452 g/mol. The number of amides is 1. The van der Waals surface area contributed by atoms with Gasteiger partial charge in [-0.1, -0.05) is 68.1 Å². The number of benzene rings is 4. The van der Waals surface area contributed by atoms with Gasteiger partial charge in [0, 0.05) is 42.3 Å². The molecule has 0 fully saturated rings. The highest BCUT2D eigenvalue weighted by atomic mass is 16.6. The second-order valence-corrected chi connectivity index (χ2v) is 8.78. The molecule has 7 heteroatoms. The zero-order chi connectivity index (χ0) is 26.0. The molecule has 0 aliphatic heterocycles. The molecule has 8 N–H and O–H groups in total. The van der Waals surface area contributed by atoms with Crippen LogP contribution in [0.15, 0.2) is 72.8 Å². The summed E-state index contributed by atoms with van der Waals surface area (Å²) in [5.74, 6) is 0. The molecule has 0 atom stereocenters. The molecule has 0 aliphatic carbocycles. The fraction of sp³-hybridized carbons (Fsp3) is 0.276. The van der Waals surface area contributed by atoms with Crippen LogP contribution in [0.4, 0.5) is 16.2 Å². The fourth-order valence-electron chi connectivity index (χ4n) is 3.58. The lowest BCUT2D eigenvalue weighted by atomic mass is 10.0. The summed E-state index contributed by atoms with van der Waals surface area (Å²) in [5.41, 5.74) is 20.6. The summed E-state index contributed by atoms with van der Waals surface area (Å²) in [4.78, 5) is 11.7. The Morgan fingerprint density at radius 2 is 1.19 bits per heavy atom. The van der Waals surface area contributed by atoms with Gasteiger partial charge in [0.1, 0.15) is 5.60 Å². The zero-order valence-electron chi connectivity index (χ0n) is 20.8. The van der Waals surface area contributed by atoms with E-state index in [1.165, 1.54) is 0 Å². The van der Waals surface area contributed by atoms with Crippen LogP contribution < -0.4 is 22.5 Å². The van der Waals surface area contributed by atoms with Crippen molar-refractivity contribution in [2.45, 2.75) is 46.9 Å². The zero-order valence-corrected chi connectivity index (χ0v) is 20.8. The summed E-state index contributed by atoms with van der Waals surface area (Å²) < 4.78 is 5.22. The Kier molecular flexibility index (Phi) is 11.7. The number of nitrogen functional groups attached to an aromatic ring is 2. The number of aliphatic hydroxyl groups excluding tert-OH is 1. The van der Waals surface area contributed by atoms with Crippen molar-refractivity contribution in [3.8, 4) is 0 Å². The second kappa shape index (κ2) is 13.9. The predicted molar refractivity (Wildman–Crippen MR) is 153 cm³/mol. The van der Waals surface area contributed by atoms with E-state index < -0.39 is 11.7 Å². The molecule has 4 rings (SSSR count). The largest absolute Gasteiger partial charge is 0.444 e. The minimum atomic E-state index is -0.493. The van der Waals surface area contributed by atoms with Crippen molar-refractivity contribution in [1.82, 2.24) is 5.32 Å². The number of ether oxygens (including phenoxy) is 1. The average Bonchev–Trinajstić information content (AvgIpc) is 2.85. The van der Waals surface area contributed by atoms with E-state index in [1.54, 1.807) is 0 Å². The molecule has 36 heavy (non-hydrogen) atoms. The number of anilines is 2. The normalized spacial score (nSPS) is 10.3. The van der Waals surface area contributed by atoms with E-state index in [-0.39, 0.29) is 7.43 Å². The lowest BCUT2D eigenvalue weighted by Crippen LogP contribution is -2.32. The van der Waals surface area contributed by atoms with Gasteiger partial charge in [-0.3, -0.25) is 0 Å². The number of nitrogens with two attached hydrogens (primary N) is 3. The lowest BCUT2D eigenvalue weighted by molar-refractivity contribution is 0.0524. The number of hydrogen-bond donors (Lipinski definition) is 5. The number of aliphatic hydroxyl groups is 1. The molecule has 0 bridgehead atoms. The molecule has 0 spiro atoms. The van der Waals surface area contributed by atoms with Crippen LogP contribution in [0.5, 0.6) is 0 Å². The smallest absolute Gasteiger partial charge is 0.407 e. The molecule has 0 aliphatic rings. The van der Waals surface area contributed by atoms with Crippen LogP contribution in [0.1, 0.15) is 39.3 Å². The van der Waals surface area contributed by atoms with E-state index in [0.29, 0.717) is 13.1 Å². The van der Waals surface area contributed by atoms with Gasteiger partial charge in [-0.15, -0.1) is 0 Å². The van der Waals surface area contributed by atoms with E-state index in [4.69, 9.17) is 27.0 Å². The van der Waals surface area contributed by atoms with Crippen molar-refractivity contribution in [3.05, 3.63) is 83.9 Å². The van der Waals surface area contributed by atoms with Crippen molar-refractivity contribution in [2.24, 2.45) is 5.73 Å². The van der Waals surface area contributed by atoms with E-state index in [2.05, 4.69) is 5.32 Å². The van der Waals surface area contributed by atoms with Crippen molar-refractivity contribution in [1.29, 1.82) is 0 Å². The maximum atomic E-state index is 11.7. The number of nitrogens with one attached hydrogen (secondary N) is 1. The van der Waals surface area contributed by atoms with Gasteiger partial charge in [0.15, 0.2) is 0 Å². The Labute approximate surface area is 214 Å². The fourth-order valence-corrected chi connectivity index (χ4v) is 3.58. The summed E-state index contributed by atoms with van der Waals surface area (Å²) in [6.45, 7) is 6.48. The van der Waals surface area contributed by atoms with Crippen LogP contribution in [-0.4, -0.2) is 23.9 Å². The molecule has 0 aromatic heterocycles. The quantitative estimate of drug-likeness (QED) is 0.237. The summed E-state index contributed by atoms with van der Waals surface area (Å²) >= 11 is 0. The first-order valence-electron chi connectivity index (χ1n) is 11.3. The third-order valence-electron chi connectivity index (χ3n) is 5.14. The summed E-state index contributed by atoms with van der Waals surface area (Å²) in [6.07, 6.45) is -0.418. The first kappa shape index (κ1) is 30.2. The lowest BCUT2D eigenvalue weighted by Gasteiger charge is -2.20. The molecule has 0 heterocycles. The van der Waals surface area contributed by atoms with Crippen LogP contribution in [-0.2, 0) is 17.8 Å². The van der Waals surface area contributed by atoms with Crippen LogP contribution in [0.25, 0.3) is 21.5 Å². The molecular formula is C29H40N4O3. The van der Waals surface area contributed by atoms with Gasteiger partial charge >= 0.3 is 6.09 Å². The Bertz CT molecular complexity index is 1270. The third kappa shape index (κ3) is 8.15. The van der Waals surface area contributed by atoms with Gasteiger partial charge in [0.2, 0.25) is 0 Å². The Hall–Kier alpha value is -3.81. The first-order chi connectivity index (χ1) is 16.7. The molecule has 0 saturated carbocycles. The highest BCUT2D eigenvalue weighted by Gasteiger charge is 2.16. The first-order valence-corrected chi connectivity index (χ1v) is 11.3. The van der Waals surface area contributed by atoms with Gasteiger partial charge in [0.05, 0.1) is 0 Å². The SMILES string of the molecule is C.CC(C)(C)OC(=O)NCc1ccc(N)c2ccccc12.CO.NCc1ccc(N)c2ccccc12. The molecule has 4 aromatic carbocycles. The van der Waals surface area contributed by atoms with Crippen LogP contribution in [0.3, 0.4) is 0 Å². The maximum absolute atomic E-state index is 11.7. The van der Waals surface area contributed by atoms with E-state index in [1.807, 2.05) is 93.6 Å². The number of fused-ring (bicyclic) bond motifs is 2. The van der Waals surface area contributed by atoms with Gasteiger partial charge in [-0.25, -0.2) is 4.79 Å². The minimum absolute atomic E-state index is 0. The molecule has 0 radical (unpaired) electrons. The van der Waals surface area contributed by atoms with Gasteiger partial charge in [-0.2, -0.15) is 0 Å². The minimum Gasteiger partial charge on any atom is -0.444 e. The highest BCUT2D eigenvalue weighted by Crippen LogP contribution is 2.25. The number of rotatable bonds is 3. The maximum Gasteiger partial charge on any atom is 0.407 e. The molecule has 7 nitrogen and oxygen atoms in total. The van der Waals surface area contributed by atoms with Gasteiger partial charge < -0.3 is 32.4 Å². The standard InChI is InChI=1S/C16H20N2O2.C11H12N2.CH4O.CH4/c1-16(2,3)20-15(19)18-10-11-8-9-14(17)13-7-5-4-6-12(11)13;12-7-8-5-6-11(13)10-4-2-1-3-9(8)10;1-2;/h4-9H,10,17H2,1-3H3,(H,18,19);1-6H,7,12-13H2;2H,1H3;1H4. The van der Waals surface area contributed by atoms with E-state index in [0.717, 1.165) is 51.2 Å². The highest BCUT2D eigenvalue weighted by molar-refractivity contribution is 5.96. The third-order valence-corrected chi connectivity index (χ3v) is 5.14. The van der Waals surface area contributed by atoms with Gasteiger partial charge in [0.25, 0.3) is 0 Å². The van der Waals surface area contributed by atoms with Crippen LogP contribution in [0.2, 0.25) is 0 Å². The number of carbonyl (C=O) groups excluding carboxylic acids is 1. The van der Waals surface area contributed by atoms with Crippen molar-refractivity contribution >= 4 is 39.0 Å². The predicted octanol–water partition coefficient (Wildman–Crippen LogP) is 5.57. The molecule has 0 unspecified atom stereocenters. The number of alkyl carbamates (subject to hydrolysis) is 1. The summed E-state index contributed by atoms with van der Waals surface area (Å²) in [5, 5.41) is 14.1. The van der Waals surface area contributed by atoms with E-state index in [9.17, 15) is 4.79 Å². The summed E-state index contributed by atoms with van der Waals surface area (Å²) in [7, 11) is 1.00. The molecule has 4 aromatic rings. The van der Waals surface area contributed by atoms with E-state index >= 15 is 0 Å². The van der Waals surface area contributed by atoms with Crippen molar-refractivity contribution in [2.75, 3.05) is 18.6 Å². The molecule has 194 valence electrons. The van der Waals surface area contributed by atoms with Crippen LogP contribution >= 0.6 is 0 Å². The second-order valence-electron chi connectivity index (χ2n) is 8.78.